The van der Waals surface area contributed by atoms with Crippen LogP contribution in [-0.4, -0.2) is 14.5 Å². The fraction of sp³-hybridized carbons (Fsp3) is 0.208. The van der Waals surface area contributed by atoms with E-state index in [4.69, 9.17) is 10.5 Å². The standard InChI is InChI=1S/C28H24NS.C25H25N2.Ir/c1-28(2,3)18-19-11-13-20(14-12-19)21-15-16-29-25(17-21)24-9-6-8-23-22-7-4-5-10-26(22)30-27(23)24;1-17(2)20-13-10-14-21(18(3)4)24(20)27-23-16-9-8-15-22(23)26-25(27)19-11-6-5-7-12-19;/h4-8,10-17H,18H2,1-3H3;5-11,13-18H,1-4H3;/q2*-1;/i18D2;17D,18D;. The molecule has 0 atom stereocenters. The van der Waals surface area contributed by atoms with Crippen LogP contribution in [0.1, 0.15) is 82.4 Å². The first-order valence-electron chi connectivity index (χ1n) is 21.4. The number of thiophene rings is 1. The molecule has 0 aliphatic rings. The molecule has 6 aromatic carbocycles. The van der Waals surface area contributed by atoms with E-state index < -0.39 is 23.6 Å². The molecule has 58 heavy (non-hydrogen) atoms. The Bertz CT molecular complexity index is 2980. The third-order valence-electron chi connectivity index (χ3n) is 9.94. The Balaban J connectivity index is 0.000000184. The number of nitrogens with zero attached hydrogens (tertiary/aromatic N) is 3. The van der Waals surface area contributed by atoms with Crippen LogP contribution in [0.15, 0.2) is 146 Å². The summed E-state index contributed by atoms with van der Waals surface area (Å²) in [6.07, 6.45) is 0.438. The van der Waals surface area contributed by atoms with Crippen LogP contribution in [-0.2, 0) is 26.5 Å². The van der Waals surface area contributed by atoms with E-state index >= 15 is 0 Å². The summed E-state index contributed by atoms with van der Waals surface area (Å²) in [6, 6.07) is 53.0. The fourth-order valence-electron chi connectivity index (χ4n) is 7.36. The average molecular weight is 956 g/mol. The molecular formula is C53H49IrN3S-2. The van der Waals surface area contributed by atoms with Crippen LogP contribution in [0.2, 0.25) is 0 Å². The second-order valence-corrected chi connectivity index (χ2v) is 16.9. The average Bonchev–Trinajstić information content (AvgIpc) is 3.82. The molecule has 0 bridgehead atoms. The molecule has 0 saturated carbocycles. The summed E-state index contributed by atoms with van der Waals surface area (Å²) in [4.78, 5) is 9.57. The predicted octanol–water partition coefficient (Wildman–Crippen LogP) is 14.9. The van der Waals surface area contributed by atoms with Crippen molar-refractivity contribution in [2.75, 3.05) is 0 Å². The molecule has 0 aliphatic heterocycles. The molecule has 3 aromatic heterocycles. The first-order chi connectivity index (χ1) is 28.9. The molecule has 9 rings (SSSR count). The van der Waals surface area contributed by atoms with Crippen molar-refractivity contribution in [2.24, 2.45) is 5.41 Å². The van der Waals surface area contributed by atoms with Gasteiger partial charge in [-0.25, -0.2) is 0 Å². The zero-order valence-electron chi connectivity index (χ0n) is 37.9. The van der Waals surface area contributed by atoms with Crippen LogP contribution in [0.4, 0.5) is 0 Å². The predicted molar refractivity (Wildman–Crippen MR) is 244 cm³/mol. The molecule has 0 aliphatic carbocycles. The van der Waals surface area contributed by atoms with Gasteiger partial charge in [-0.05, 0) is 91.4 Å². The molecule has 0 saturated heterocycles. The van der Waals surface area contributed by atoms with Crippen LogP contribution in [0.5, 0.6) is 0 Å². The SMILES string of the molecule is [2H]C(C)(C)c1cccc(C([2H])(C)C)c1-n1c(-c2[c-]cccc2)nc2ccccc21.[2H]C([2H])(c1ccc(-c2ccnc(-c3[c-]ccc4c3sc3ccccc34)c2)cc1)C(C)(C)C.[Ir]. The number of fused-ring (bicyclic) bond motifs is 4. The van der Waals surface area contributed by atoms with Crippen LogP contribution < -0.4 is 0 Å². The van der Waals surface area contributed by atoms with E-state index in [9.17, 15) is 0 Å². The molecule has 0 fully saturated rings. The van der Waals surface area contributed by atoms with Crippen molar-refractivity contribution >= 4 is 42.5 Å². The van der Waals surface area contributed by atoms with Gasteiger partial charge in [0.25, 0.3) is 0 Å². The second-order valence-electron chi connectivity index (χ2n) is 15.8. The van der Waals surface area contributed by atoms with Gasteiger partial charge in [-0.3, -0.25) is 4.98 Å². The molecule has 1 radical (unpaired) electrons. The van der Waals surface area contributed by atoms with Crippen molar-refractivity contribution < 1.29 is 25.6 Å². The van der Waals surface area contributed by atoms with Gasteiger partial charge in [0.05, 0.1) is 16.9 Å². The van der Waals surface area contributed by atoms with Gasteiger partial charge >= 0.3 is 0 Å². The van der Waals surface area contributed by atoms with Crippen molar-refractivity contribution in [1.29, 1.82) is 0 Å². The van der Waals surface area contributed by atoms with Gasteiger partial charge in [-0.1, -0.05) is 133 Å². The van der Waals surface area contributed by atoms with Crippen molar-refractivity contribution in [3.05, 3.63) is 175 Å². The van der Waals surface area contributed by atoms with E-state index in [1.165, 1.54) is 20.2 Å². The van der Waals surface area contributed by atoms with Crippen LogP contribution in [0.25, 0.3) is 70.7 Å². The van der Waals surface area contributed by atoms with Crippen molar-refractivity contribution in [3.63, 3.8) is 0 Å². The fourth-order valence-corrected chi connectivity index (χ4v) is 8.57. The van der Waals surface area contributed by atoms with Gasteiger partial charge in [0.1, 0.15) is 0 Å². The Kier molecular flexibility index (Phi) is 10.7. The van der Waals surface area contributed by atoms with Gasteiger partial charge in [0.2, 0.25) is 0 Å². The zero-order chi connectivity index (χ0) is 43.3. The summed E-state index contributed by atoms with van der Waals surface area (Å²) in [5.74, 6) is -0.895. The zero-order valence-corrected chi connectivity index (χ0v) is 37.2. The summed E-state index contributed by atoms with van der Waals surface area (Å²) in [5.41, 5.74) is 9.58. The van der Waals surface area contributed by atoms with E-state index in [0.29, 0.717) is 5.56 Å². The Morgan fingerprint density at radius 1 is 0.724 bits per heavy atom. The molecule has 9 aromatic rings. The first kappa shape index (κ1) is 35.9. The minimum absolute atomic E-state index is 0. The smallest absolute Gasteiger partial charge is 0.0774 e. The van der Waals surface area contributed by atoms with Gasteiger partial charge < -0.3 is 9.55 Å². The number of rotatable bonds is 7. The summed E-state index contributed by atoms with van der Waals surface area (Å²) in [7, 11) is 0. The number of pyridine rings is 1. The Morgan fingerprint density at radius 3 is 2.14 bits per heavy atom. The van der Waals surface area contributed by atoms with Crippen LogP contribution in [0, 0.1) is 17.5 Å². The number of imidazole rings is 1. The minimum Gasteiger partial charge on any atom is -0.333 e. The molecule has 3 heterocycles. The van der Waals surface area contributed by atoms with Crippen molar-refractivity contribution in [3.8, 4) is 39.5 Å². The molecule has 0 amide bonds. The molecule has 0 N–H and O–H groups in total. The van der Waals surface area contributed by atoms with Gasteiger partial charge in [0, 0.05) is 42.2 Å². The second kappa shape index (κ2) is 17.3. The van der Waals surface area contributed by atoms with Crippen LogP contribution in [0.3, 0.4) is 0 Å². The maximum absolute atomic E-state index is 8.80. The molecule has 0 unspecified atom stereocenters. The monoisotopic (exact) mass is 956 g/mol. The Hall–Kier alpha value is -5.19. The topological polar surface area (TPSA) is 30.7 Å². The molecule has 293 valence electrons. The van der Waals surface area contributed by atoms with E-state index in [1.807, 2.05) is 158 Å². The quantitative estimate of drug-likeness (QED) is 0.149. The summed E-state index contributed by atoms with van der Waals surface area (Å²) < 4.78 is 39.2. The van der Waals surface area contributed by atoms with E-state index in [0.717, 1.165) is 61.6 Å². The van der Waals surface area contributed by atoms with Gasteiger partial charge in [0.15, 0.2) is 0 Å². The molecule has 0 spiro atoms. The number of para-hydroxylation sites is 3. The molecular weight excluding hydrogens is 903 g/mol. The largest absolute Gasteiger partial charge is 0.333 e. The minimum atomic E-state index is -1.40. The third-order valence-corrected chi connectivity index (χ3v) is 11.1. The molecule has 3 nitrogen and oxygen atoms in total. The van der Waals surface area contributed by atoms with E-state index in [1.54, 1.807) is 11.3 Å². The van der Waals surface area contributed by atoms with Gasteiger partial charge in [-0.2, -0.15) is 11.3 Å². The summed E-state index contributed by atoms with van der Waals surface area (Å²) >= 11 is 1.78. The van der Waals surface area contributed by atoms with Crippen molar-refractivity contribution in [2.45, 2.75) is 66.6 Å². The van der Waals surface area contributed by atoms with Crippen LogP contribution >= 0.6 is 11.3 Å². The van der Waals surface area contributed by atoms with E-state index in [2.05, 4.69) is 58.1 Å². The maximum atomic E-state index is 8.80. The van der Waals surface area contributed by atoms with E-state index in [-0.39, 0.29) is 20.1 Å². The maximum Gasteiger partial charge on any atom is 0.0774 e. The Morgan fingerprint density at radius 2 is 1.43 bits per heavy atom. The Labute approximate surface area is 366 Å². The summed E-state index contributed by atoms with van der Waals surface area (Å²) in [6.45, 7) is 13.4. The number of hydrogen-bond donors (Lipinski definition) is 0. The van der Waals surface area contributed by atoms with Gasteiger partial charge in [-0.15, -0.1) is 59.7 Å². The first-order valence-corrected chi connectivity index (χ1v) is 20.2. The summed E-state index contributed by atoms with van der Waals surface area (Å²) in [5, 5.41) is 2.50. The number of benzene rings is 6. The number of aromatic nitrogens is 3. The molecule has 5 heteroatoms. The normalized spacial score (nSPS) is 13.2. The third kappa shape index (κ3) is 8.50. The van der Waals surface area contributed by atoms with Crippen molar-refractivity contribution in [1.82, 2.24) is 14.5 Å². The number of hydrogen-bond acceptors (Lipinski definition) is 3.